The Hall–Kier alpha value is -0.640. The zero-order chi connectivity index (χ0) is 16.1. The van der Waals surface area contributed by atoms with Gasteiger partial charge in [0.25, 0.3) is 0 Å². The summed E-state index contributed by atoms with van der Waals surface area (Å²) in [5.41, 5.74) is -1.18. The van der Waals surface area contributed by atoms with Gasteiger partial charge in [-0.2, -0.15) is 13.2 Å². The second kappa shape index (κ2) is 7.57. The molecule has 9 heteroatoms. The van der Waals surface area contributed by atoms with Gasteiger partial charge in [-0.3, -0.25) is 0 Å². The standard InChI is InChI=1S/C12H15BrF3NO3S/c1-20-8-9(13)6-7-17-21(18,19)11-5-3-2-4-10(11)12(14,15)16/h2-5,9,17H,6-8H2,1H3. The number of sulfonamides is 1. The molecule has 0 saturated carbocycles. The lowest BCUT2D eigenvalue weighted by molar-refractivity contribution is -0.139. The van der Waals surface area contributed by atoms with Crippen molar-refractivity contribution in [2.75, 3.05) is 20.3 Å². The third-order valence-electron chi connectivity index (χ3n) is 2.58. The molecule has 0 aliphatic rings. The molecule has 0 heterocycles. The van der Waals surface area contributed by atoms with Crippen LogP contribution < -0.4 is 4.72 Å². The van der Waals surface area contributed by atoms with E-state index >= 15 is 0 Å². The van der Waals surface area contributed by atoms with E-state index in [0.717, 1.165) is 18.2 Å². The normalized spacial score (nSPS) is 14.1. The van der Waals surface area contributed by atoms with Gasteiger partial charge < -0.3 is 4.74 Å². The van der Waals surface area contributed by atoms with Crippen molar-refractivity contribution in [1.29, 1.82) is 0 Å². The number of rotatable bonds is 7. The van der Waals surface area contributed by atoms with E-state index in [-0.39, 0.29) is 11.4 Å². The monoisotopic (exact) mass is 389 g/mol. The number of ether oxygens (including phenoxy) is 1. The molecule has 1 unspecified atom stereocenters. The van der Waals surface area contributed by atoms with Crippen LogP contribution in [0.2, 0.25) is 0 Å². The quantitative estimate of drug-likeness (QED) is 0.729. The molecular formula is C12H15BrF3NO3S. The highest BCUT2D eigenvalue weighted by atomic mass is 79.9. The predicted octanol–water partition coefficient (Wildman–Crippen LogP) is 2.78. The van der Waals surface area contributed by atoms with Gasteiger partial charge in [-0.25, -0.2) is 13.1 Å². The molecule has 0 saturated heterocycles. The number of halogens is 4. The molecule has 0 aliphatic heterocycles. The number of alkyl halides is 4. The first-order chi connectivity index (χ1) is 9.68. The maximum absolute atomic E-state index is 12.8. The van der Waals surface area contributed by atoms with Crippen LogP contribution in [0.4, 0.5) is 13.2 Å². The first kappa shape index (κ1) is 18.4. The van der Waals surface area contributed by atoms with Gasteiger partial charge in [0.1, 0.15) is 0 Å². The molecule has 120 valence electrons. The van der Waals surface area contributed by atoms with Gasteiger partial charge in [-0.1, -0.05) is 28.1 Å². The van der Waals surface area contributed by atoms with E-state index in [9.17, 15) is 21.6 Å². The summed E-state index contributed by atoms with van der Waals surface area (Å²) >= 11 is 3.27. The van der Waals surface area contributed by atoms with Crippen LogP contribution in [0.1, 0.15) is 12.0 Å². The maximum atomic E-state index is 12.8. The Kier molecular flexibility index (Phi) is 6.64. The fourth-order valence-electron chi connectivity index (χ4n) is 1.63. The Morgan fingerprint density at radius 3 is 2.52 bits per heavy atom. The van der Waals surface area contributed by atoms with Crippen LogP contribution in [0.3, 0.4) is 0 Å². The first-order valence-corrected chi connectivity index (χ1v) is 8.37. The smallest absolute Gasteiger partial charge is 0.384 e. The summed E-state index contributed by atoms with van der Waals surface area (Å²) in [5, 5.41) is 0. The second-order valence-corrected chi connectivity index (χ2v) is 7.26. The van der Waals surface area contributed by atoms with Crippen LogP contribution in [0.25, 0.3) is 0 Å². The molecule has 1 aromatic carbocycles. The predicted molar refractivity (Wildman–Crippen MR) is 75.8 cm³/mol. The van der Waals surface area contributed by atoms with Crippen molar-refractivity contribution in [3.63, 3.8) is 0 Å². The van der Waals surface area contributed by atoms with Gasteiger partial charge >= 0.3 is 6.18 Å². The molecule has 0 fully saturated rings. The lowest BCUT2D eigenvalue weighted by Crippen LogP contribution is -2.29. The van der Waals surface area contributed by atoms with E-state index in [4.69, 9.17) is 4.74 Å². The summed E-state index contributed by atoms with van der Waals surface area (Å²) in [7, 11) is -2.72. The van der Waals surface area contributed by atoms with E-state index in [1.807, 2.05) is 0 Å². The van der Waals surface area contributed by atoms with Crippen molar-refractivity contribution in [3.05, 3.63) is 29.8 Å². The molecule has 1 atom stereocenters. The highest BCUT2D eigenvalue weighted by molar-refractivity contribution is 9.09. The van der Waals surface area contributed by atoms with Crippen LogP contribution in [0.15, 0.2) is 29.2 Å². The molecule has 1 aromatic rings. The van der Waals surface area contributed by atoms with E-state index < -0.39 is 26.7 Å². The molecule has 0 radical (unpaired) electrons. The van der Waals surface area contributed by atoms with Crippen LogP contribution in [0.5, 0.6) is 0 Å². The summed E-state index contributed by atoms with van der Waals surface area (Å²) in [6.07, 6.45) is -4.33. The number of hydrogen-bond acceptors (Lipinski definition) is 3. The highest BCUT2D eigenvalue weighted by Gasteiger charge is 2.36. The Morgan fingerprint density at radius 2 is 1.95 bits per heavy atom. The number of nitrogens with one attached hydrogen (secondary N) is 1. The SMILES string of the molecule is COCC(Br)CCNS(=O)(=O)c1ccccc1C(F)(F)F. The highest BCUT2D eigenvalue weighted by Crippen LogP contribution is 2.33. The fraction of sp³-hybridized carbons (Fsp3) is 0.500. The Bertz CT molecular complexity index is 563. The average Bonchev–Trinajstić information content (AvgIpc) is 2.38. The average molecular weight is 390 g/mol. The lowest BCUT2D eigenvalue weighted by atomic mass is 10.2. The zero-order valence-electron chi connectivity index (χ0n) is 11.2. The lowest BCUT2D eigenvalue weighted by Gasteiger charge is -2.14. The van der Waals surface area contributed by atoms with Gasteiger partial charge in [-0.15, -0.1) is 0 Å². The summed E-state index contributed by atoms with van der Waals surface area (Å²) in [6, 6.07) is 4.08. The summed E-state index contributed by atoms with van der Waals surface area (Å²) < 4.78 is 69.4. The van der Waals surface area contributed by atoms with Crippen LogP contribution in [0, 0.1) is 0 Å². The molecule has 0 bridgehead atoms. The third-order valence-corrected chi connectivity index (χ3v) is 4.82. The summed E-state index contributed by atoms with van der Waals surface area (Å²) in [6.45, 7) is 0.384. The minimum Gasteiger partial charge on any atom is -0.384 e. The van der Waals surface area contributed by atoms with E-state index in [0.29, 0.717) is 13.0 Å². The van der Waals surface area contributed by atoms with Gasteiger partial charge in [-0.05, 0) is 18.6 Å². The molecule has 0 amide bonds. The minimum absolute atomic E-state index is 0.00774. The van der Waals surface area contributed by atoms with E-state index in [1.54, 1.807) is 0 Å². The number of methoxy groups -OCH3 is 1. The summed E-state index contributed by atoms with van der Waals surface area (Å²) in [4.78, 5) is -0.849. The Morgan fingerprint density at radius 1 is 1.33 bits per heavy atom. The zero-order valence-corrected chi connectivity index (χ0v) is 13.6. The van der Waals surface area contributed by atoms with Crippen LogP contribution >= 0.6 is 15.9 Å². The summed E-state index contributed by atoms with van der Waals surface area (Å²) in [5.74, 6) is 0. The molecule has 4 nitrogen and oxygen atoms in total. The number of benzene rings is 1. The molecular weight excluding hydrogens is 375 g/mol. The van der Waals surface area contributed by atoms with Crippen molar-refractivity contribution >= 4 is 26.0 Å². The fourth-order valence-corrected chi connectivity index (χ4v) is 3.39. The second-order valence-electron chi connectivity index (χ2n) is 4.23. The number of hydrogen-bond donors (Lipinski definition) is 1. The topological polar surface area (TPSA) is 55.4 Å². The van der Waals surface area contributed by atoms with Crippen molar-refractivity contribution in [1.82, 2.24) is 4.72 Å². The van der Waals surface area contributed by atoms with Gasteiger partial charge in [0.15, 0.2) is 0 Å². The molecule has 0 spiro atoms. The van der Waals surface area contributed by atoms with E-state index in [1.165, 1.54) is 13.2 Å². The van der Waals surface area contributed by atoms with Crippen molar-refractivity contribution in [2.45, 2.75) is 22.3 Å². The van der Waals surface area contributed by atoms with Gasteiger partial charge in [0, 0.05) is 18.5 Å². The van der Waals surface area contributed by atoms with Crippen molar-refractivity contribution in [2.24, 2.45) is 0 Å². The maximum Gasteiger partial charge on any atom is 0.417 e. The molecule has 0 aliphatic carbocycles. The van der Waals surface area contributed by atoms with Gasteiger partial charge in [0.05, 0.1) is 17.1 Å². The van der Waals surface area contributed by atoms with Crippen LogP contribution in [-0.2, 0) is 20.9 Å². The molecule has 0 aromatic heterocycles. The first-order valence-electron chi connectivity index (χ1n) is 5.97. The third kappa shape index (κ3) is 5.57. The molecule has 21 heavy (non-hydrogen) atoms. The largest absolute Gasteiger partial charge is 0.417 e. The minimum atomic E-state index is -4.72. The van der Waals surface area contributed by atoms with Gasteiger partial charge in [0.2, 0.25) is 10.0 Å². The molecule has 1 rings (SSSR count). The molecule has 1 N–H and O–H groups in total. The van der Waals surface area contributed by atoms with E-state index in [2.05, 4.69) is 20.7 Å². The Balaban J connectivity index is 2.85. The van der Waals surface area contributed by atoms with Crippen LogP contribution in [-0.4, -0.2) is 33.5 Å². The Labute approximate surface area is 129 Å². The van der Waals surface area contributed by atoms with Crippen molar-refractivity contribution in [3.8, 4) is 0 Å². The van der Waals surface area contributed by atoms with Crippen molar-refractivity contribution < 1.29 is 26.3 Å².